The van der Waals surface area contributed by atoms with Gasteiger partial charge in [0.2, 0.25) is 0 Å². The maximum absolute atomic E-state index is 11.9. The first-order chi connectivity index (χ1) is 8.66. The van der Waals surface area contributed by atoms with Gasteiger partial charge in [-0.2, -0.15) is 0 Å². The quantitative estimate of drug-likeness (QED) is 0.885. The number of amides is 1. The van der Waals surface area contributed by atoms with Crippen LogP contribution in [0.3, 0.4) is 0 Å². The van der Waals surface area contributed by atoms with Crippen molar-refractivity contribution in [1.29, 1.82) is 0 Å². The minimum absolute atomic E-state index is 0.113. The molecule has 1 unspecified atom stereocenters. The first-order valence-electron chi connectivity index (χ1n) is 5.26. The van der Waals surface area contributed by atoms with Crippen LogP contribution in [0.25, 0.3) is 0 Å². The summed E-state index contributed by atoms with van der Waals surface area (Å²) in [6.45, 7) is 0. The fourth-order valence-corrected chi connectivity index (χ4v) is 2.93. The molecule has 1 atom stereocenters. The lowest BCUT2D eigenvalue weighted by atomic mass is 10.1. The van der Waals surface area contributed by atoms with Gasteiger partial charge in [-0.25, -0.2) is 0 Å². The van der Waals surface area contributed by atoms with Gasteiger partial charge in [0.15, 0.2) is 0 Å². The van der Waals surface area contributed by atoms with E-state index < -0.39 is 12.0 Å². The van der Waals surface area contributed by atoms with Gasteiger partial charge in [0.05, 0.1) is 17.3 Å². The molecule has 0 spiro atoms. The van der Waals surface area contributed by atoms with Crippen molar-refractivity contribution in [1.82, 2.24) is 5.32 Å². The largest absolute Gasteiger partial charge is 0.481 e. The van der Waals surface area contributed by atoms with Gasteiger partial charge in [-0.05, 0) is 22.9 Å². The van der Waals surface area contributed by atoms with Gasteiger partial charge in [0.1, 0.15) is 0 Å². The van der Waals surface area contributed by atoms with Crippen molar-refractivity contribution in [2.45, 2.75) is 12.5 Å². The van der Waals surface area contributed by atoms with E-state index in [1.165, 1.54) is 22.7 Å². The number of rotatable bonds is 5. The fraction of sp³-hybridized carbons (Fsp3) is 0.167. The maximum atomic E-state index is 11.9. The van der Waals surface area contributed by atoms with Crippen LogP contribution in [0.4, 0.5) is 0 Å². The zero-order valence-electron chi connectivity index (χ0n) is 9.33. The Morgan fingerprint density at radius 2 is 1.94 bits per heavy atom. The Bertz CT molecular complexity index is 520. The zero-order chi connectivity index (χ0) is 13.0. The van der Waals surface area contributed by atoms with E-state index in [4.69, 9.17) is 5.11 Å². The van der Waals surface area contributed by atoms with Crippen LogP contribution < -0.4 is 5.32 Å². The van der Waals surface area contributed by atoms with E-state index in [9.17, 15) is 9.59 Å². The molecular weight excluding hydrogens is 270 g/mol. The second-order valence-electron chi connectivity index (χ2n) is 3.62. The molecule has 0 saturated heterocycles. The van der Waals surface area contributed by atoms with Crippen molar-refractivity contribution >= 4 is 34.6 Å². The first-order valence-corrected chi connectivity index (χ1v) is 7.02. The molecule has 2 N–H and O–H groups in total. The summed E-state index contributed by atoms with van der Waals surface area (Å²) in [4.78, 5) is 24.2. The van der Waals surface area contributed by atoms with Crippen molar-refractivity contribution in [2.75, 3.05) is 0 Å². The molecule has 1 amide bonds. The second-order valence-corrected chi connectivity index (χ2v) is 5.54. The van der Waals surface area contributed by atoms with Crippen molar-refractivity contribution < 1.29 is 14.7 Å². The SMILES string of the molecule is O=C(O)CC(NC(=O)c1cccs1)c1cccs1. The number of aliphatic carboxylic acids is 1. The van der Waals surface area contributed by atoms with Crippen LogP contribution in [0.15, 0.2) is 35.0 Å². The average Bonchev–Trinajstić information content (AvgIpc) is 3.01. The summed E-state index contributed by atoms with van der Waals surface area (Å²) < 4.78 is 0. The summed E-state index contributed by atoms with van der Waals surface area (Å²) in [5, 5.41) is 15.3. The molecule has 0 aliphatic rings. The minimum atomic E-state index is -0.931. The summed E-state index contributed by atoms with van der Waals surface area (Å²) >= 11 is 2.77. The molecule has 0 bridgehead atoms. The van der Waals surface area contributed by atoms with Crippen LogP contribution in [-0.2, 0) is 4.79 Å². The zero-order valence-corrected chi connectivity index (χ0v) is 11.0. The molecule has 94 valence electrons. The van der Waals surface area contributed by atoms with Gasteiger partial charge < -0.3 is 10.4 Å². The van der Waals surface area contributed by atoms with E-state index in [1.807, 2.05) is 22.9 Å². The van der Waals surface area contributed by atoms with Crippen LogP contribution in [0, 0.1) is 0 Å². The maximum Gasteiger partial charge on any atom is 0.305 e. The van der Waals surface area contributed by atoms with E-state index in [2.05, 4.69) is 5.32 Å². The van der Waals surface area contributed by atoms with E-state index in [0.717, 1.165) is 4.88 Å². The lowest BCUT2D eigenvalue weighted by Crippen LogP contribution is -2.29. The molecule has 0 aliphatic carbocycles. The lowest BCUT2D eigenvalue weighted by Gasteiger charge is -2.14. The number of carbonyl (C=O) groups excluding carboxylic acids is 1. The monoisotopic (exact) mass is 281 g/mol. The molecule has 0 fully saturated rings. The molecule has 2 aromatic heterocycles. The highest BCUT2D eigenvalue weighted by molar-refractivity contribution is 7.12. The Labute approximate surface area is 112 Å². The van der Waals surface area contributed by atoms with Crippen molar-refractivity contribution in [3.63, 3.8) is 0 Å². The molecule has 2 heterocycles. The van der Waals surface area contributed by atoms with Crippen LogP contribution >= 0.6 is 22.7 Å². The van der Waals surface area contributed by atoms with Crippen LogP contribution in [0.5, 0.6) is 0 Å². The molecule has 2 rings (SSSR count). The lowest BCUT2D eigenvalue weighted by molar-refractivity contribution is -0.137. The van der Waals surface area contributed by atoms with Gasteiger partial charge in [-0.1, -0.05) is 12.1 Å². The molecule has 0 aliphatic heterocycles. The summed E-state index contributed by atoms with van der Waals surface area (Å²) in [6, 6.07) is 6.69. The molecule has 0 radical (unpaired) electrons. The fourth-order valence-electron chi connectivity index (χ4n) is 1.52. The molecule has 0 saturated carbocycles. The highest BCUT2D eigenvalue weighted by Crippen LogP contribution is 2.23. The molecular formula is C12H11NO3S2. The third kappa shape index (κ3) is 3.18. The summed E-state index contributed by atoms with van der Waals surface area (Å²) in [7, 11) is 0. The Kier molecular flexibility index (Phi) is 4.11. The third-order valence-electron chi connectivity index (χ3n) is 2.32. The number of hydrogen-bond acceptors (Lipinski definition) is 4. The van der Waals surface area contributed by atoms with Crippen LogP contribution in [-0.4, -0.2) is 17.0 Å². The van der Waals surface area contributed by atoms with E-state index in [1.54, 1.807) is 12.1 Å². The van der Waals surface area contributed by atoms with Gasteiger partial charge in [-0.3, -0.25) is 9.59 Å². The van der Waals surface area contributed by atoms with Crippen molar-refractivity contribution in [2.24, 2.45) is 0 Å². The summed E-state index contributed by atoms with van der Waals surface area (Å²) in [5.41, 5.74) is 0. The number of carboxylic acid groups (broad SMARTS) is 1. The van der Waals surface area contributed by atoms with E-state index >= 15 is 0 Å². The van der Waals surface area contributed by atoms with Crippen molar-refractivity contribution in [3.05, 3.63) is 44.8 Å². The molecule has 4 nitrogen and oxygen atoms in total. The average molecular weight is 281 g/mol. The number of hydrogen-bond donors (Lipinski definition) is 2. The van der Waals surface area contributed by atoms with Gasteiger partial charge in [0, 0.05) is 4.88 Å². The van der Waals surface area contributed by atoms with Gasteiger partial charge >= 0.3 is 5.97 Å². The summed E-state index contributed by atoms with van der Waals surface area (Å²) in [6.07, 6.45) is -0.113. The Morgan fingerprint density at radius 1 is 1.22 bits per heavy atom. The predicted molar refractivity (Wildman–Crippen MR) is 71.1 cm³/mol. The number of thiophene rings is 2. The topological polar surface area (TPSA) is 66.4 Å². The molecule has 2 aromatic rings. The molecule has 0 aromatic carbocycles. The van der Waals surface area contributed by atoms with Gasteiger partial charge in [-0.15, -0.1) is 22.7 Å². The van der Waals surface area contributed by atoms with Gasteiger partial charge in [0.25, 0.3) is 5.91 Å². The first kappa shape index (κ1) is 12.8. The third-order valence-corrected chi connectivity index (χ3v) is 4.17. The van der Waals surface area contributed by atoms with Crippen molar-refractivity contribution in [3.8, 4) is 0 Å². The summed E-state index contributed by atoms with van der Waals surface area (Å²) in [5.74, 6) is -1.16. The minimum Gasteiger partial charge on any atom is -0.481 e. The second kappa shape index (κ2) is 5.79. The number of carbonyl (C=O) groups is 2. The van der Waals surface area contributed by atoms with Crippen LogP contribution in [0.2, 0.25) is 0 Å². The van der Waals surface area contributed by atoms with E-state index in [-0.39, 0.29) is 12.3 Å². The Morgan fingerprint density at radius 3 is 2.50 bits per heavy atom. The highest BCUT2D eigenvalue weighted by Gasteiger charge is 2.19. The van der Waals surface area contributed by atoms with Crippen LogP contribution in [0.1, 0.15) is 27.0 Å². The van der Waals surface area contributed by atoms with E-state index in [0.29, 0.717) is 4.88 Å². The highest BCUT2D eigenvalue weighted by atomic mass is 32.1. The molecule has 6 heteroatoms. The predicted octanol–water partition coefficient (Wildman–Crippen LogP) is 2.76. The number of nitrogens with one attached hydrogen (secondary N) is 1. The normalized spacial score (nSPS) is 12.0. The molecule has 18 heavy (non-hydrogen) atoms. The smallest absolute Gasteiger partial charge is 0.305 e. The Balaban J connectivity index is 2.11. The Hall–Kier alpha value is -1.66. The standard InChI is InChI=1S/C12H11NO3S2/c14-11(15)7-8(9-3-1-5-17-9)13-12(16)10-4-2-6-18-10/h1-6,8H,7H2,(H,13,16)(H,14,15). The number of carboxylic acids is 1.